The lowest BCUT2D eigenvalue weighted by Gasteiger charge is -2.02. The number of hydrogen-bond donors (Lipinski definition) is 2. The molecule has 0 saturated heterocycles. The van der Waals surface area contributed by atoms with Gasteiger partial charge in [-0.05, 0) is 17.7 Å². The number of nitro groups is 1. The number of nitrogens with zero attached hydrogens (tertiary/aromatic N) is 1. The Morgan fingerprint density at radius 2 is 1.80 bits per heavy atom. The largest absolute Gasteiger partial charge is 0.366 e. The van der Waals surface area contributed by atoms with Crippen LogP contribution in [0.2, 0.25) is 0 Å². The summed E-state index contributed by atoms with van der Waals surface area (Å²) < 4.78 is 0. The van der Waals surface area contributed by atoms with Gasteiger partial charge >= 0.3 is 5.00 Å². The van der Waals surface area contributed by atoms with Crippen molar-refractivity contribution >= 4 is 44.5 Å². The second kappa shape index (κ2) is 6.83. The van der Waals surface area contributed by atoms with Crippen LogP contribution in [0.1, 0.15) is 20.0 Å². The molecule has 9 heteroatoms. The third kappa shape index (κ3) is 3.57. The maximum atomic E-state index is 12.3. The van der Waals surface area contributed by atoms with Crippen molar-refractivity contribution in [3.8, 4) is 10.4 Å². The van der Waals surface area contributed by atoms with Crippen LogP contribution in [0.25, 0.3) is 10.4 Å². The summed E-state index contributed by atoms with van der Waals surface area (Å²) in [6.45, 7) is 0. The molecule has 1 aromatic carbocycles. The van der Waals surface area contributed by atoms with Crippen LogP contribution in [0.5, 0.6) is 0 Å². The third-order valence-corrected chi connectivity index (χ3v) is 5.41. The van der Waals surface area contributed by atoms with E-state index in [9.17, 15) is 19.7 Å². The average molecular weight is 373 g/mol. The van der Waals surface area contributed by atoms with E-state index in [1.54, 1.807) is 6.07 Å². The minimum atomic E-state index is -0.661. The first-order chi connectivity index (χ1) is 12.0. The zero-order valence-electron chi connectivity index (χ0n) is 12.6. The van der Waals surface area contributed by atoms with E-state index >= 15 is 0 Å². The summed E-state index contributed by atoms with van der Waals surface area (Å²) >= 11 is 1.98. The molecule has 0 fully saturated rings. The predicted molar refractivity (Wildman–Crippen MR) is 97.2 cm³/mol. The summed E-state index contributed by atoms with van der Waals surface area (Å²) in [7, 11) is 0. The zero-order chi connectivity index (χ0) is 18.0. The molecular weight excluding hydrogens is 362 g/mol. The SMILES string of the molecule is NC(=O)c1cc(-c2ccccc2)sc1NC(=O)c1ccc([N+](=O)[O-])s1. The van der Waals surface area contributed by atoms with Crippen LogP contribution < -0.4 is 11.1 Å². The minimum absolute atomic E-state index is 0.128. The molecule has 25 heavy (non-hydrogen) atoms. The summed E-state index contributed by atoms with van der Waals surface area (Å²) in [5.41, 5.74) is 6.48. The van der Waals surface area contributed by atoms with Crippen molar-refractivity contribution in [3.63, 3.8) is 0 Å². The van der Waals surface area contributed by atoms with Gasteiger partial charge in [0, 0.05) is 10.9 Å². The van der Waals surface area contributed by atoms with Gasteiger partial charge < -0.3 is 11.1 Å². The van der Waals surface area contributed by atoms with Crippen LogP contribution in [-0.2, 0) is 0 Å². The van der Waals surface area contributed by atoms with Gasteiger partial charge in [-0.1, -0.05) is 41.7 Å². The van der Waals surface area contributed by atoms with Crippen molar-refractivity contribution < 1.29 is 14.5 Å². The quantitative estimate of drug-likeness (QED) is 0.523. The lowest BCUT2D eigenvalue weighted by atomic mass is 10.1. The highest BCUT2D eigenvalue weighted by atomic mass is 32.1. The Balaban J connectivity index is 1.90. The molecule has 7 nitrogen and oxygen atoms in total. The van der Waals surface area contributed by atoms with Gasteiger partial charge in [-0.25, -0.2) is 0 Å². The van der Waals surface area contributed by atoms with Crippen LogP contribution >= 0.6 is 22.7 Å². The lowest BCUT2D eigenvalue weighted by molar-refractivity contribution is -0.380. The zero-order valence-corrected chi connectivity index (χ0v) is 14.2. The predicted octanol–water partition coefficient (Wildman–Crippen LogP) is 3.74. The molecule has 2 aromatic heterocycles. The van der Waals surface area contributed by atoms with Gasteiger partial charge in [0.05, 0.1) is 15.4 Å². The minimum Gasteiger partial charge on any atom is -0.366 e. The van der Waals surface area contributed by atoms with Crippen LogP contribution in [0, 0.1) is 10.1 Å². The third-order valence-electron chi connectivity index (χ3n) is 3.28. The van der Waals surface area contributed by atoms with Gasteiger partial charge in [0.1, 0.15) is 5.00 Å². The highest BCUT2D eigenvalue weighted by Crippen LogP contribution is 2.36. The molecule has 0 atom stereocenters. The van der Waals surface area contributed by atoms with E-state index in [1.807, 2.05) is 30.3 Å². The second-order valence-corrected chi connectivity index (χ2v) is 7.05. The number of carbonyl (C=O) groups excluding carboxylic acids is 2. The monoisotopic (exact) mass is 373 g/mol. The highest BCUT2D eigenvalue weighted by Gasteiger charge is 2.20. The molecule has 0 saturated carbocycles. The van der Waals surface area contributed by atoms with Crippen molar-refractivity contribution in [1.82, 2.24) is 0 Å². The van der Waals surface area contributed by atoms with Gasteiger partial charge in [0.2, 0.25) is 0 Å². The number of nitrogens with one attached hydrogen (secondary N) is 1. The molecule has 3 aromatic rings. The van der Waals surface area contributed by atoms with E-state index in [0.717, 1.165) is 21.8 Å². The van der Waals surface area contributed by atoms with E-state index in [-0.39, 0.29) is 15.4 Å². The lowest BCUT2D eigenvalue weighted by Crippen LogP contribution is -2.15. The number of rotatable bonds is 5. The number of primary amides is 1. The first-order valence-corrected chi connectivity index (χ1v) is 8.63. The van der Waals surface area contributed by atoms with Crippen molar-refractivity contribution in [2.24, 2.45) is 5.73 Å². The highest BCUT2D eigenvalue weighted by molar-refractivity contribution is 7.20. The molecule has 3 rings (SSSR count). The Hall–Kier alpha value is -3.04. The molecule has 2 amide bonds. The number of nitrogens with two attached hydrogens (primary N) is 1. The number of hydrogen-bond acceptors (Lipinski definition) is 6. The molecular formula is C16H11N3O4S2. The van der Waals surface area contributed by atoms with E-state index in [0.29, 0.717) is 5.00 Å². The fourth-order valence-corrected chi connectivity index (χ4v) is 3.90. The van der Waals surface area contributed by atoms with Crippen molar-refractivity contribution in [3.05, 3.63) is 69.1 Å². The molecule has 0 aliphatic rings. The Kier molecular flexibility index (Phi) is 4.59. The number of anilines is 1. The molecule has 0 unspecified atom stereocenters. The fourth-order valence-electron chi connectivity index (χ4n) is 2.12. The van der Waals surface area contributed by atoms with Gasteiger partial charge in [-0.2, -0.15) is 0 Å². The van der Waals surface area contributed by atoms with Crippen LogP contribution in [0.15, 0.2) is 48.5 Å². The van der Waals surface area contributed by atoms with Gasteiger partial charge in [-0.15, -0.1) is 11.3 Å². The Morgan fingerprint density at radius 3 is 2.40 bits per heavy atom. The van der Waals surface area contributed by atoms with Crippen LogP contribution in [0.4, 0.5) is 10.0 Å². The van der Waals surface area contributed by atoms with Crippen molar-refractivity contribution in [2.45, 2.75) is 0 Å². The number of amides is 2. The number of carbonyl (C=O) groups is 2. The molecule has 0 radical (unpaired) electrons. The molecule has 0 spiro atoms. The number of benzene rings is 1. The topological polar surface area (TPSA) is 115 Å². The summed E-state index contributed by atoms with van der Waals surface area (Å²) in [5, 5.41) is 13.5. The van der Waals surface area contributed by atoms with E-state index in [1.165, 1.54) is 23.5 Å². The van der Waals surface area contributed by atoms with E-state index in [2.05, 4.69) is 5.32 Å². The standard InChI is InChI=1S/C16H11N3O4S2/c17-14(20)10-8-12(9-4-2-1-3-5-9)25-16(10)18-15(21)11-6-7-13(24-11)19(22)23/h1-8H,(H2,17,20)(H,18,21). The molecule has 2 heterocycles. The molecule has 126 valence electrons. The summed E-state index contributed by atoms with van der Waals surface area (Å²) in [5.74, 6) is -1.19. The fraction of sp³-hybridized carbons (Fsp3) is 0. The maximum absolute atomic E-state index is 12.3. The Morgan fingerprint density at radius 1 is 1.08 bits per heavy atom. The Bertz CT molecular complexity index is 963. The van der Waals surface area contributed by atoms with Gasteiger partial charge in [-0.3, -0.25) is 19.7 Å². The number of thiophene rings is 2. The summed E-state index contributed by atoms with van der Waals surface area (Å²) in [4.78, 5) is 35.1. The van der Waals surface area contributed by atoms with Crippen molar-refractivity contribution in [2.75, 3.05) is 5.32 Å². The van der Waals surface area contributed by atoms with Crippen molar-refractivity contribution in [1.29, 1.82) is 0 Å². The first kappa shape index (κ1) is 16.8. The van der Waals surface area contributed by atoms with Crippen LogP contribution in [0.3, 0.4) is 0 Å². The van der Waals surface area contributed by atoms with E-state index in [4.69, 9.17) is 5.73 Å². The van der Waals surface area contributed by atoms with Gasteiger partial charge in [0.15, 0.2) is 0 Å². The molecule has 3 N–H and O–H groups in total. The maximum Gasteiger partial charge on any atom is 0.324 e. The van der Waals surface area contributed by atoms with Crippen LogP contribution in [-0.4, -0.2) is 16.7 Å². The van der Waals surface area contributed by atoms with Gasteiger partial charge in [0.25, 0.3) is 11.8 Å². The molecule has 0 aliphatic heterocycles. The van der Waals surface area contributed by atoms with E-state index < -0.39 is 16.7 Å². The smallest absolute Gasteiger partial charge is 0.324 e. The normalized spacial score (nSPS) is 10.4. The Labute approximate surface area is 149 Å². The second-order valence-electron chi connectivity index (χ2n) is 4.93. The summed E-state index contributed by atoms with van der Waals surface area (Å²) in [6, 6.07) is 13.6. The molecule has 0 bridgehead atoms. The first-order valence-electron chi connectivity index (χ1n) is 7.00. The average Bonchev–Trinajstić information content (AvgIpc) is 3.23. The summed E-state index contributed by atoms with van der Waals surface area (Å²) in [6.07, 6.45) is 0. The molecule has 0 aliphatic carbocycles.